The van der Waals surface area contributed by atoms with Crippen molar-refractivity contribution < 1.29 is 4.79 Å². The zero-order chi connectivity index (χ0) is 20.1. The second-order valence-corrected chi connectivity index (χ2v) is 7.93. The highest BCUT2D eigenvalue weighted by Gasteiger charge is 2.38. The summed E-state index contributed by atoms with van der Waals surface area (Å²) in [5.41, 5.74) is 6.72. The summed E-state index contributed by atoms with van der Waals surface area (Å²) in [4.78, 5) is 15.3. The maximum absolute atomic E-state index is 13.1. The van der Waals surface area contributed by atoms with Crippen LogP contribution in [0.2, 0.25) is 0 Å². The third-order valence-electron chi connectivity index (χ3n) is 5.71. The van der Waals surface area contributed by atoms with Crippen LogP contribution < -0.4 is 9.91 Å². The van der Waals surface area contributed by atoms with Crippen molar-refractivity contribution >= 4 is 23.0 Å². The highest BCUT2D eigenvalue weighted by Crippen LogP contribution is 2.47. The molecule has 0 spiro atoms. The average Bonchev–Trinajstić information content (AvgIpc) is 3.09. The molecule has 0 radical (unpaired) electrons. The molecule has 0 aromatic heterocycles. The van der Waals surface area contributed by atoms with Crippen LogP contribution in [-0.2, 0) is 10.2 Å². The van der Waals surface area contributed by atoms with Crippen LogP contribution in [0.4, 0.5) is 11.4 Å². The fourth-order valence-corrected chi connectivity index (χ4v) is 4.24. The van der Waals surface area contributed by atoms with Crippen LogP contribution in [0.3, 0.4) is 0 Å². The Balaban J connectivity index is 1.76. The third kappa shape index (κ3) is 2.68. The lowest BCUT2D eigenvalue weighted by Crippen LogP contribution is -2.24. The van der Waals surface area contributed by atoms with Crippen LogP contribution in [0.5, 0.6) is 0 Å². The molecule has 0 aliphatic carbocycles. The number of carbonyl (C=O) groups excluding carboxylic acids is 1. The Morgan fingerprint density at radius 3 is 2.36 bits per heavy atom. The van der Waals surface area contributed by atoms with E-state index in [1.807, 2.05) is 44.2 Å². The molecule has 0 saturated heterocycles. The first kappa shape index (κ1) is 18.2. The van der Waals surface area contributed by atoms with Gasteiger partial charge in [-0.05, 0) is 49.3 Å². The number of amides is 1. The van der Waals surface area contributed by atoms with E-state index < -0.39 is 0 Å². The number of hydrazone groups is 1. The van der Waals surface area contributed by atoms with Gasteiger partial charge in [0.05, 0.1) is 17.0 Å². The Morgan fingerprint density at radius 1 is 1.04 bits per heavy atom. The van der Waals surface area contributed by atoms with E-state index in [0.29, 0.717) is 5.57 Å². The quantitative estimate of drug-likeness (QED) is 0.694. The van der Waals surface area contributed by atoms with Crippen LogP contribution in [0.25, 0.3) is 0 Å². The number of likely N-dealkylation sites (N-methyl/N-ethyl adjacent to an activating group) is 1. The molecule has 2 aromatic rings. The maximum Gasteiger partial charge on any atom is 0.280 e. The zero-order valence-corrected chi connectivity index (χ0v) is 17.0. The summed E-state index contributed by atoms with van der Waals surface area (Å²) in [6, 6.07) is 18.0. The lowest BCUT2D eigenvalue weighted by atomic mass is 9.83. The molecule has 4 nitrogen and oxygen atoms in total. The molecule has 0 atom stereocenters. The first-order valence-corrected chi connectivity index (χ1v) is 9.53. The molecule has 4 rings (SSSR count). The summed E-state index contributed by atoms with van der Waals surface area (Å²) < 4.78 is 0. The Labute approximate surface area is 166 Å². The van der Waals surface area contributed by atoms with Crippen molar-refractivity contribution in [2.24, 2.45) is 5.10 Å². The van der Waals surface area contributed by atoms with E-state index in [1.165, 1.54) is 22.0 Å². The molecule has 142 valence electrons. The second-order valence-electron chi connectivity index (χ2n) is 7.93. The lowest BCUT2D eigenvalue weighted by molar-refractivity contribution is -0.114. The highest BCUT2D eigenvalue weighted by molar-refractivity contribution is 6.30. The molecule has 0 N–H and O–H groups in total. The van der Waals surface area contributed by atoms with Crippen molar-refractivity contribution in [2.45, 2.75) is 33.1 Å². The third-order valence-corrected chi connectivity index (χ3v) is 5.71. The Morgan fingerprint density at radius 2 is 1.68 bits per heavy atom. The van der Waals surface area contributed by atoms with Crippen LogP contribution >= 0.6 is 0 Å². The van der Waals surface area contributed by atoms with E-state index in [2.05, 4.69) is 61.2 Å². The van der Waals surface area contributed by atoms with Crippen LogP contribution in [0, 0.1) is 0 Å². The van der Waals surface area contributed by atoms with Gasteiger partial charge in [-0.25, -0.2) is 0 Å². The summed E-state index contributed by atoms with van der Waals surface area (Å²) in [5, 5.41) is 6.00. The van der Waals surface area contributed by atoms with Crippen molar-refractivity contribution in [1.29, 1.82) is 0 Å². The average molecular weight is 371 g/mol. The molecule has 2 aliphatic heterocycles. The molecule has 0 fully saturated rings. The predicted molar refractivity (Wildman–Crippen MR) is 116 cm³/mol. The number of rotatable bonds is 2. The molecule has 0 unspecified atom stereocenters. The van der Waals surface area contributed by atoms with Crippen molar-refractivity contribution in [2.75, 3.05) is 17.0 Å². The van der Waals surface area contributed by atoms with Gasteiger partial charge in [-0.2, -0.15) is 10.1 Å². The fourth-order valence-electron chi connectivity index (χ4n) is 4.24. The van der Waals surface area contributed by atoms with Crippen LogP contribution in [-0.4, -0.2) is 18.7 Å². The van der Waals surface area contributed by atoms with E-state index in [0.717, 1.165) is 17.0 Å². The van der Waals surface area contributed by atoms with Gasteiger partial charge in [-0.15, -0.1) is 0 Å². The number of hydrogen-bond acceptors (Lipinski definition) is 3. The Bertz CT molecular complexity index is 1040. The molecule has 2 heterocycles. The maximum atomic E-state index is 13.1. The lowest BCUT2D eigenvalue weighted by Gasteiger charge is -2.24. The van der Waals surface area contributed by atoms with Gasteiger partial charge in [0, 0.05) is 23.8 Å². The number of nitrogens with zero attached hydrogens (tertiary/aromatic N) is 3. The minimum atomic E-state index is -0.126. The smallest absolute Gasteiger partial charge is 0.280 e. The van der Waals surface area contributed by atoms with Gasteiger partial charge in [0.2, 0.25) is 0 Å². The van der Waals surface area contributed by atoms with Crippen molar-refractivity contribution in [3.05, 3.63) is 83.1 Å². The first-order valence-electron chi connectivity index (χ1n) is 9.53. The summed E-state index contributed by atoms with van der Waals surface area (Å²) in [5.74, 6) is -0.0750. The molecule has 28 heavy (non-hydrogen) atoms. The van der Waals surface area contributed by atoms with Crippen molar-refractivity contribution in [1.82, 2.24) is 0 Å². The normalized spacial score (nSPS) is 21.2. The topological polar surface area (TPSA) is 35.9 Å². The minimum absolute atomic E-state index is 0.0750. The highest BCUT2D eigenvalue weighted by atomic mass is 16.2. The molecular formula is C24H25N3O. The number of anilines is 2. The summed E-state index contributed by atoms with van der Waals surface area (Å²) in [7, 11) is 2.09. The van der Waals surface area contributed by atoms with Gasteiger partial charge in [0.15, 0.2) is 0 Å². The second kappa shape index (κ2) is 6.48. The number of carbonyl (C=O) groups is 1. The van der Waals surface area contributed by atoms with Crippen molar-refractivity contribution in [3.8, 4) is 0 Å². The van der Waals surface area contributed by atoms with E-state index in [9.17, 15) is 4.79 Å². The van der Waals surface area contributed by atoms with E-state index in [4.69, 9.17) is 0 Å². The van der Waals surface area contributed by atoms with Gasteiger partial charge >= 0.3 is 0 Å². The monoisotopic (exact) mass is 371 g/mol. The molecule has 1 amide bonds. The SMILES string of the molecule is CC1=NN(c2ccccc2)C(=O)/C1=C(C)/C=C1\N(C)c2ccccc2C1(C)C. The van der Waals surface area contributed by atoms with Gasteiger partial charge in [0.1, 0.15) is 0 Å². The fraction of sp³-hybridized carbons (Fsp3) is 0.250. The standard InChI is InChI=1S/C24H25N3O/c1-16(15-21-24(3,4)19-13-9-10-14-20(19)26(21)5)22-17(2)25-27(23(22)28)18-11-7-6-8-12-18/h6-15H,1-5H3/b21-15-,22-16+. The largest absolute Gasteiger partial charge is 0.347 e. The molecular weight excluding hydrogens is 346 g/mol. The number of benzene rings is 2. The molecule has 2 aliphatic rings. The number of hydrogen-bond donors (Lipinski definition) is 0. The van der Waals surface area contributed by atoms with Crippen molar-refractivity contribution in [3.63, 3.8) is 0 Å². The van der Waals surface area contributed by atoms with Gasteiger partial charge in [-0.1, -0.05) is 50.2 Å². The van der Waals surface area contributed by atoms with Gasteiger partial charge < -0.3 is 4.90 Å². The molecule has 2 aromatic carbocycles. The molecule has 0 saturated carbocycles. The Kier molecular flexibility index (Phi) is 4.22. The minimum Gasteiger partial charge on any atom is -0.347 e. The zero-order valence-electron chi connectivity index (χ0n) is 17.0. The number of fused-ring (bicyclic) bond motifs is 1. The Hall–Kier alpha value is -3.14. The summed E-state index contributed by atoms with van der Waals surface area (Å²) >= 11 is 0. The molecule has 4 heteroatoms. The van der Waals surface area contributed by atoms with Crippen LogP contribution in [0.1, 0.15) is 33.3 Å². The van der Waals surface area contributed by atoms with Gasteiger partial charge in [0.25, 0.3) is 5.91 Å². The summed E-state index contributed by atoms with van der Waals surface area (Å²) in [6.45, 7) is 8.36. The van der Waals surface area contributed by atoms with Gasteiger partial charge in [-0.3, -0.25) is 4.79 Å². The van der Waals surface area contributed by atoms with Crippen LogP contribution in [0.15, 0.2) is 82.6 Å². The number of allylic oxidation sites excluding steroid dienone is 3. The first-order chi connectivity index (χ1) is 13.3. The van der Waals surface area contributed by atoms with E-state index >= 15 is 0 Å². The number of para-hydroxylation sites is 2. The van der Waals surface area contributed by atoms with E-state index in [-0.39, 0.29) is 11.3 Å². The molecule has 0 bridgehead atoms. The predicted octanol–water partition coefficient (Wildman–Crippen LogP) is 5.04. The summed E-state index contributed by atoms with van der Waals surface area (Å²) in [6.07, 6.45) is 2.14. The van der Waals surface area contributed by atoms with E-state index in [1.54, 1.807) is 0 Å².